The van der Waals surface area contributed by atoms with Gasteiger partial charge in [0.25, 0.3) is 5.91 Å². The first-order valence-corrected chi connectivity index (χ1v) is 5.91. The molecule has 6 heteroatoms. The van der Waals surface area contributed by atoms with E-state index in [1.165, 1.54) is 18.5 Å². The Morgan fingerprint density at radius 3 is 2.83 bits per heavy atom. The van der Waals surface area contributed by atoms with E-state index in [4.69, 9.17) is 0 Å². The van der Waals surface area contributed by atoms with Crippen molar-refractivity contribution in [1.29, 1.82) is 0 Å². The van der Waals surface area contributed by atoms with Crippen molar-refractivity contribution in [2.24, 2.45) is 0 Å². The fraction of sp³-hybridized carbons (Fsp3) is 0.417. The molecule has 1 fully saturated rings. The van der Waals surface area contributed by atoms with Gasteiger partial charge in [-0.3, -0.25) is 14.4 Å². The zero-order valence-electron chi connectivity index (χ0n) is 9.86. The Hall–Kier alpha value is -2.11. The number of aromatic nitrogens is 1. The Bertz CT molecular complexity index is 505. The molecule has 0 atom stereocenters. The number of hydrogen-bond donors (Lipinski definition) is 3. The van der Waals surface area contributed by atoms with E-state index in [1.807, 2.05) is 0 Å². The SMILES string of the molecule is O=C(CCNC(=O)c1c[nH]ccc1=O)NC1CC1. The molecular formula is C12H15N3O3. The van der Waals surface area contributed by atoms with Gasteiger partial charge in [0.15, 0.2) is 5.43 Å². The number of carbonyl (C=O) groups excluding carboxylic acids is 2. The van der Waals surface area contributed by atoms with Gasteiger partial charge in [-0.25, -0.2) is 0 Å². The molecule has 1 saturated carbocycles. The molecule has 0 aromatic carbocycles. The van der Waals surface area contributed by atoms with Gasteiger partial charge in [0, 0.05) is 37.5 Å². The summed E-state index contributed by atoms with van der Waals surface area (Å²) in [6.45, 7) is 0.228. The number of carbonyl (C=O) groups is 2. The predicted molar refractivity (Wildman–Crippen MR) is 65.2 cm³/mol. The maximum Gasteiger partial charge on any atom is 0.256 e. The van der Waals surface area contributed by atoms with Gasteiger partial charge in [-0.2, -0.15) is 0 Å². The van der Waals surface area contributed by atoms with Crippen LogP contribution < -0.4 is 16.1 Å². The quantitative estimate of drug-likeness (QED) is 0.673. The van der Waals surface area contributed by atoms with E-state index in [1.54, 1.807) is 0 Å². The monoisotopic (exact) mass is 249 g/mol. The Labute approximate surface area is 104 Å². The number of pyridine rings is 1. The molecule has 3 N–H and O–H groups in total. The molecule has 0 saturated heterocycles. The minimum absolute atomic E-state index is 0.0556. The van der Waals surface area contributed by atoms with E-state index in [9.17, 15) is 14.4 Å². The van der Waals surface area contributed by atoms with E-state index >= 15 is 0 Å². The summed E-state index contributed by atoms with van der Waals surface area (Å²) >= 11 is 0. The lowest BCUT2D eigenvalue weighted by molar-refractivity contribution is -0.121. The Morgan fingerprint density at radius 1 is 1.39 bits per heavy atom. The van der Waals surface area contributed by atoms with Crippen molar-refractivity contribution in [3.05, 3.63) is 34.2 Å². The number of nitrogens with one attached hydrogen (secondary N) is 3. The van der Waals surface area contributed by atoms with Crippen molar-refractivity contribution in [2.75, 3.05) is 6.54 Å². The van der Waals surface area contributed by atoms with Crippen molar-refractivity contribution in [3.8, 4) is 0 Å². The molecule has 0 aliphatic heterocycles. The van der Waals surface area contributed by atoms with Crippen molar-refractivity contribution in [1.82, 2.24) is 15.6 Å². The standard InChI is InChI=1S/C12H15N3O3/c16-10-3-5-13-7-9(10)12(18)14-6-4-11(17)15-8-1-2-8/h3,5,7-8H,1-2,4,6H2,(H,13,16)(H,14,18)(H,15,17). The molecule has 2 rings (SSSR count). The third kappa shape index (κ3) is 3.44. The Balaban J connectivity index is 1.76. The molecule has 1 aliphatic carbocycles. The second-order valence-electron chi connectivity index (χ2n) is 4.27. The average Bonchev–Trinajstić information content (AvgIpc) is 3.13. The fourth-order valence-corrected chi connectivity index (χ4v) is 1.51. The second-order valence-corrected chi connectivity index (χ2v) is 4.27. The molecule has 18 heavy (non-hydrogen) atoms. The summed E-state index contributed by atoms with van der Waals surface area (Å²) in [4.78, 5) is 37.0. The van der Waals surface area contributed by atoms with Gasteiger partial charge in [0.2, 0.25) is 5.91 Å². The summed E-state index contributed by atoms with van der Waals surface area (Å²) in [5, 5.41) is 5.37. The minimum atomic E-state index is -0.462. The highest BCUT2D eigenvalue weighted by Gasteiger charge is 2.22. The molecular weight excluding hydrogens is 234 g/mol. The highest BCUT2D eigenvalue weighted by Crippen LogP contribution is 2.18. The maximum atomic E-state index is 11.6. The third-order valence-corrected chi connectivity index (χ3v) is 2.65. The van der Waals surface area contributed by atoms with Crippen molar-refractivity contribution < 1.29 is 9.59 Å². The zero-order chi connectivity index (χ0) is 13.0. The van der Waals surface area contributed by atoms with Gasteiger partial charge in [-0.05, 0) is 12.8 Å². The smallest absolute Gasteiger partial charge is 0.256 e. The molecule has 0 spiro atoms. The molecule has 1 heterocycles. The number of H-pyrrole nitrogens is 1. The van der Waals surface area contributed by atoms with E-state index in [0.717, 1.165) is 12.8 Å². The van der Waals surface area contributed by atoms with Crippen LogP contribution in [0.5, 0.6) is 0 Å². The van der Waals surface area contributed by atoms with Crippen LogP contribution in [0.15, 0.2) is 23.3 Å². The lowest BCUT2D eigenvalue weighted by Crippen LogP contribution is -2.33. The van der Waals surface area contributed by atoms with Gasteiger partial charge in [0.1, 0.15) is 5.56 Å². The number of hydrogen-bond acceptors (Lipinski definition) is 3. The van der Waals surface area contributed by atoms with Crippen LogP contribution in [-0.4, -0.2) is 29.4 Å². The van der Waals surface area contributed by atoms with E-state index in [2.05, 4.69) is 15.6 Å². The van der Waals surface area contributed by atoms with Crippen LogP contribution >= 0.6 is 0 Å². The summed E-state index contributed by atoms with van der Waals surface area (Å²) in [6, 6.07) is 1.61. The van der Waals surface area contributed by atoms with Crippen molar-refractivity contribution in [2.45, 2.75) is 25.3 Å². The van der Waals surface area contributed by atoms with Gasteiger partial charge < -0.3 is 15.6 Å². The molecule has 96 valence electrons. The first-order chi connectivity index (χ1) is 8.66. The Kier molecular flexibility index (Phi) is 3.76. The molecule has 1 aliphatic rings. The summed E-state index contributed by atoms with van der Waals surface area (Å²) in [5.41, 5.74) is -0.284. The molecule has 0 bridgehead atoms. The van der Waals surface area contributed by atoms with E-state index < -0.39 is 5.91 Å². The number of rotatable bonds is 5. The Morgan fingerprint density at radius 2 is 2.17 bits per heavy atom. The van der Waals surface area contributed by atoms with Gasteiger partial charge in [-0.15, -0.1) is 0 Å². The molecule has 2 amide bonds. The molecule has 1 aromatic heterocycles. The first kappa shape index (κ1) is 12.3. The van der Waals surface area contributed by atoms with Crippen LogP contribution in [0.3, 0.4) is 0 Å². The number of aromatic amines is 1. The fourth-order valence-electron chi connectivity index (χ4n) is 1.51. The second kappa shape index (κ2) is 5.48. The first-order valence-electron chi connectivity index (χ1n) is 5.91. The van der Waals surface area contributed by atoms with E-state index in [0.29, 0.717) is 6.04 Å². The molecule has 6 nitrogen and oxygen atoms in total. The van der Waals surface area contributed by atoms with Gasteiger partial charge in [-0.1, -0.05) is 0 Å². The number of amides is 2. The minimum Gasteiger partial charge on any atom is -0.367 e. The topological polar surface area (TPSA) is 91.1 Å². The summed E-state index contributed by atoms with van der Waals surface area (Å²) < 4.78 is 0. The molecule has 1 aromatic rings. The normalized spacial score (nSPS) is 14.0. The summed E-state index contributed by atoms with van der Waals surface area (Å²) in [5.74, 6) is -0.532. The van der Waals surface area contributed by atoms with Crippen LogP contribution in [0.1, 0.15) is 29.6 Å². The van der Waals surface area contributed by atoms with Crippen molar-refractivity contribution in [3.63, 3.8) is 0 Å². The highest BCUT2D eigenvalue weighted by molar-refractivity contribution is 5.93. The van der Waals surface area contributed by atoms with E-state index in [-0.39, 0.29) is 29.9 Å². The van der Waals surface area contributed by atoms with Crippen LogP contribution in [-0.2, 0) is 4.79 Å². The highest BCUT2D eigenvalue weighted by atomic mass is 16.2. The summed E-state index contributed by atoms with van der Waals surface area (Å²) in [6.07, 6.45) is 5.12. The van der Waals surface area contributed by atoms with Crippen LogP contribution in [0.2, 0.25) is 0 Å². The lowest BCUT2D eigenvalue weighted by Gasteiger charge is -2.05. The molecule has 0 radical (unpaired) electrons. The lowest BCUT2D eigenvalue weighted by atomic mass is 10.2. The average molecular weight is 249 g/mol. The van der Waals surface area contributed by atoms with Crippen LogP contribution in [0, 0.1) is 0 Å². The predicted octanol–water partition coefficient (Wildman–Crippen LogP) is -0.227. The maximum absolute atomic E-state index is 11.6. The van der Waals surface area contributed by atoms with Gasteiger partial charge >= 0.3 is 0 Å². The van der Waals surface area contributed by atoms with Crippen LogP contribution in [0.25, 0.3) is 0 Å². The summed E-state index contributed by atoms with van der Waals surface area (Å²) in [7, 11) is 0. The van der Waals surface area contributed by atoms with Crippen LogP contribution in [0.4, 0.5) is 0 Å². The zero-order valence-corrected chi connectivity index (χ0v) is 9.86. The third-order valence-electron chi connectivity index (χ3n) is 2.65. The van der Waals surface area contributed by atoms with Gasteiger partial charge in [0.05, 0.1) is 0 Å². The largest absolute Gasteiger partial charge is 0.367 e. The van der Waals surface area contributed by atoms with Crippen molar-refractivity contribution >= 4 is 11.8 Å². The molecule has 0 unspecified atom stereocenters.